The largest absolute Gasteiger partial charge is 0.322 e. The van der Waals surface area contributed by atoms with Gasteiger partial charge in [0, 0.05) is 21.5 Å². The number of thioether (sulfide) groups is 2. The van der Waals surface area contributed by atoms with E-state index in [1.807, 2.05) is 6.07 Å². The smallest absolute Gasteiger partial charge is 0.0440 e. The lowest BCUT2D eigenvalue weighted by Gasteiger charge is -2.08. The highest BCUT2D eigenvalue weighted by Crippen LogP contribution is 2.29. The highest BCUT2D eigenvalue weighted by atomic mass is 32.2. The summed E-state index contributed by atoms with van der Waals surface area (Å²) in [4.78, 5) is 2.50. The standard InChI is InChI=1S/C9H14N2S2/c1-7-8(12-5-10)3-2-4-9(7)13-6-11/h2-4H,5-6,10-11H2,1H3. The molecule has 0 saturated heterocycles. The van der Waals surface area contributed by atoms with Gasteiger partial charge in [-0.15, -0.1) is 23.5 Å². The molecule has 2 nitrogen and oxygen atoms in total. The van der Waals surface area contributed by atoms with Crippen LogP contribution in [0.4, 0.5) is 0 Å². The predicted octanol–water partition coefficient (Wildman–Crippen LogP) is 2.01. The van der Waals surface area contributed by atoms with Gasteiger partial charge in [-0.2, -0.15) is 0 Å². The summed E-state index contributed by atoms with van der Waals surface area (Å²) in [5.74, 6) is 1.25. The van der Waals surface area contributed by atoms with Crippen LogP contribution in [0.5, 0.6) is 0 Å². The van der Waals surface area contributed by atoms with Crippen LogP contribution in [-0.4, -0.2) is 11.8 Å². The summed E-state index contributed by atoms with van der Waals surface area (Å²) in [6.07, 6.45) is 0. The quantitative estimate of drug-likeness (QED) is 0.594. The number of nitrogens with two attached hydrogens (primary N) is 2. The zero-order valence-corrected chi connectivity index (χ0v) is 9.25. The van der Waals surface area contributed by atoms with Crippen molar-refractivity contribution in [3.63, 3.8) is 0 Å². The second kappa shape index (κ2) is 5.54. The van der Waals surface area contributed by atoms with Gasteiger partial charge in [0.25, 0.3) is 0 Å². The first-order chi connectivity index (χ1) is 6.29. The van der Waals surface area contributed by atoms with Crippen molar-refractivity contribution < 1.29 is 0 Å². The van der Waals surface area contributed by atoms with E-state index in [4.69, 9.17) is 11.5 Å². The summed E-state index contributed by atoms with van der Waals surface area (Å²) in [5, 5.41) is 0. The van der Waals surface area contributed by atoms with E-state index >= 15 is 0 Å². The summed E-state index contributed by atoms with van der Waals surface area (Å²) in [6.45, 7) is 2.11. The second-order valence-electron chi connectivity index (χ2n) is 2.50. The molecule has 13 heavy (non-hydrogen) atoms. The fourth-order valence-corrected chi connectivity index (χ4v) is 2.51. The van der Waals surface area contributed by atoms with E-state index in [0.29, 0.717) is 11.8 Å². The second-order valence-corrected chi connectivity index (χ2v) is 4.62. The molecule has 1 aromatic carbocycles. The van der Waals surface area contributed by atoms with Gasteiger partial charge in [-0.25, -0.2) is 0 Å². The van der Waals surface area contributed by atoms with E-state index in [1.54, 1.807) is 23.5 Å². The van der Waals surface area contributed by atoms with E-state index in [9.17, 15) is 0 Å². The van der Waals surface area contributed by atoms with Crippen molar-refractivity contribution >= 4 is 23.5 Å². The number of hydrogen-bond donors (Lipinski definition) is 2. The molecule has 1 rings (SSSR count). The topological polar surface area (TPSA) is 52.0 Å². The van der Waals surface area contributed by atoms with E-state index < -0.39 is 0 Å². The maximum Gasteiger partial charge on any atom is 0.0440 e. The fraction of sp³-hybridized carbons (Fsp3) is 0.333. The molecule has 72 valence electrons. The highest BCUT2D eigenvalue weighted by molar-refractivity contribution is 8.00. The predicted molar refractivity (Wildman–Crippen MR) is 61.0 cm³/mol. The molecule has 4 N–H and O–H groups in total. The van der Waals surface area contributed by atoms with Crippen LogP contribution in [0.25, 0.3) is 0 Å². The van der Waals surface area contributed by atoms with Crippen molar-refractivity contribution in [2.45, 2.75) is 16.7 Å². The Morgan fingerprint density at radius 3 is 1.92 bits per heavy atom. The fourth-order valence-electron chi connectivity index (χ4n) is 1.09. The molecule has 0 spiro atoms. The minimum absolute atomic E-state index is 0.623. The Bertz CT molecular complexity index is 252. The third kappa shape index (κ3) is 2.91. The summed E-state index contributed by atoms with van der Waals surface area (Å²) >= 11 is 3.33. The first-order valence-corrected chi connectivity index (χ1v) is 6.02. The molecule has 0 fully saturated rings. The normalized spacial score (nSPS) is 10.4. The maximum absolute atomic E-state index is 5.48. The third-order valence-corrected chi connectivity index (χ3v) is 3.55. The van der Waals surface area contributed by atoms with Crippen LogP contribution in [0.2, 0.25) is 0 Å². The van der Waals surface area contributed by atoms with Gasteiger partial charge in [-0.05, 0) is 24.6 Å². The molecule has 0 unspecified atom stereocenters. The minimum atomic E-state index is 0.623. The Hall–Kier alpha value is -0.160. The first kappa shape index (κ1) is 10.9. The summed E-state index contributed by atoms with van der Waals surface area (Å²) < 4.78 is 0. The molecule has 1 aromatic rings. The molecule has 0 bridgehead atoms. The van der Waals surface area contributed by atoms with E-state index in [0.717, 1.165) is 0 Å². The molecule has 0 aliphatic heterocycles. The molecule has 0 atom stereocenters. The van der Waals surface area contributed by atoms with Crippen molar-refractivity contribution in [3.8, 4) is 0 Å². The summed E-state index contributed by atoms with van der Waals surface area (Å²) in [6, 6.07) is 6.23. The van der Waals surface area contributed by atoms with Crippen molar-refractivity contribution in [2.75, 3.05) is 11.8 Å². The molecule has 0 saturated carbocycles. The van der Waals surface area contributed by atoms with Crippen molar-refractivity contribution in [3.05, 3.63) is 23.8 Å². The molecular weight excluding hydrogens is 200 g/mol. The van der Waals surface area contributed by atoms with E-state index in [2.05, 4.69) is 19.1 Å². The van der Waals surface area contributed by atoms with Crippen LogP contribution in [0.1, 0.15) is 5.56 Å². The molecule has 0 aliphatic rings. The van der Waals surface area contributed by atoms with Gasteiger partial charge in [0.05, 0.1) is 0 Å². The molecule has 4 heteroatoms. The Morgan fingerprint density at radius 2 is 1.54 bits per heavy atom. The lowest BCUT2D eigenvalue weighted by Crippen LogP contribution is -1.96. The minimum Gasteiger partial charge on any atom is -0.322 e. The van der Waals surface area contributed by atoms with Crippen LogP contribution in [-0.2, 0) is 0 Å². The third-order valence-electron chi connectivity index (χ3n) is 1.71. The van der Waals surface area contributed by atoms with E-state index in [1.165, 1.54) is 15.4 Å². The zero-order chi connectivity index (χ0) is 9.68. The van der Waals surface area contributed by atoms with Gasteiger partial charge < -0.3 is 11.5 Å². The number of benzene rings is 1. The molecular formula is C9H14N2S2. The van der Waals surface area contributed by atoms with Crippen LogP contribution >= 0.6 is 23.5 Å². The Labute approximate surface area is 87.5 Å². The van der Waals surface area contributed by atoms with Crippen LogP contribution in [0.3, 0.4) is 0 Å². The van der Waals surface area contributed by atoms with Gasteiger partial charge in [-0.1, -0.05) is 6.07 Å². The first-order valence-electron chi connectivity index (χ1n) is 4.05. The van der Waals surface area contributed by atoms with Gasteiger partial charge in [0.1, 0.15) is 0 Å². The van der Waals surface area contributed by atoms with Crippen molar-refractivity contribution in [1.82, 2.24) is 0 Å². The number of hydrogen-bond acceptors (Lipinski definition) is 4. The zero-order valence-electron chi connectivity index (χ0n) is 7.62. The highest BCUT2D eigenvalue weighted by Gasteiger charge is 2.02. The lowest BCUT2D eigenvalue weighted by molar-refractivity contribution is 1.18. The molecule has 0 aromatic heterocycles. The average Bonchev–Trinajstić information content (AvgIpc) is 2.13. The summed E-state index contributed by atoms with van der Waals surface area (Å²) in [7, 11) is 0. The van der Waals surface area contributed by atoms with Gasteiger partial charge in [-0.3, -0.25) is 0 Å². The Morgan fingerprint density at radius 1 is 1.08 bits per heavy atom. The lowest BCUT2D eigenvalue weighted by atomic mass is 10.2. The van der Waals surface area contributed by atoms with Gasteiger partial charge in [0.15, 0.2) is 0 Å². The Kier molecular flexibility index (Phi) is 4.66. The van der Waals surface area contributed by atoms with Gasteiger partial charge in [0.2, 0.25) is 0 Å². The Balaban J connectivity index is 2.89. The SMILES string of the molecule is Cc1c(SCN)cccc1SCN. The molecule has 0 heterocycles. The maximum atomic E-state index is 5.48. The summed E-state index contributed by atoms with van der Waals surface area (Å²) in [5.41, 5.74) is 12.3. The van der Waals surface area contributed by atoms with Crippen molar-refractivity contribution in [1.29, 1.82) is 0 Å². The van der Waals surface area contributed by atoms with Crippen molar-refractivity contribution in [2.24, 2.45) is 11.5 Å². The van der Waals surface area contributed by atoms with Crippen LogP contribution in [0, 0.1) is 6.92 Å². The van der Waals surface area contributed by atoms with Crippen LogP contribution < -0.4 is 11.5 Å². The average molecular weight is 214 g/mol. The van der Waals surface area contributed by atoms with E-state index in [-0.39, 0.29) is 0 Å². The number of rotatable bonds is 4. The molecule has 0 aliphatic carbocycles. The molecule has 0 radical (unpaired) electrons. The molecule has 0 amide bonds. The van der Waals surface area contributed by atoms with Crippen LogP contribution in [0.15, 0.2) is 28.0 Å². The monoisotopic (exact) mass is 214 g/mol. The van der Waals surface area contributed by atoms with Gasteiger partial charge >= 0.3 is 0 Å².